The monoisotopic (exact) mass is 369 g/mol. The third-order valence-electron chi connectivity index (χ3n) is 4.41. The van der Waals surface area contributed by atoms with Gasteiger partial charge in [-0.1, -0.05) is 42.5 Å². The van der Waals surface area contributed by atoms with Gasteiger partial charge in [-0.15, -0.1) is 11.8 Å². The molecule has 1 atom stereocenters. The minimum absolute atomic E-state index is 0.0314. The van der Waals surface area contributed by atoms with Gasteiger partial charge in [0.25, 0.3) is 0 Å². The Bertz CT molecular complexity index is 780. The molecule has 5 nitrogen and oxygen atoms in total. The van der Waals surface area contributed by atoms with Crippen LogP contribution in [0.3, 0.4) is 0 Å². The highest BCUT2D eigenvalue weighted by Crippen LogP contribution is 2.34. The smallest absolute Gasteiger partial charge is 0.240 e. The van der Waals surface area contributed by atoms with Gasteiger partial charge in [0.05, 0.1) is 17.5 Å². The molecule has 1 unspecified atom stereocenters. The van der Waals surface area contributed by atoms with Crippen LogP contribution >= 0.6 is 11.8 Å². The molecule has 0 fully saturated rings. The SMILES string of the molecule is CN(C)C(CNC(=O)CN1C(=O)CSc2ccccc21)c1ccccc1. The molecule has 0 spiro atoms. The van der Waals surface area contributed by atoms with E-state index in [9.17, 15) is 9.59 Å². The van der Waals surface area contributed by atoms with Gasteiger partial charge in [-0.2, -0.15) is 0 Å². The van der Waals surface area contributed by atoms with Crippen LogP contribution < -0.4 is 10.2 Å². The zero-order valence-electron chi connectivity index (χ0n) is 15.0. The molecule has 6 heteroatoms. The van der Waals surface area contributed by atoms with E-state index in [2.05, 4.69) is 22.3 Å². The van der Waals surface area contributed by atoms with Crippen LogP contribution in [0.25, 0.3) is 0 Å². The lowest BCUT2D eigenvalue weighted by atomic mass is 10.1. The maximum absolute atomic E-state index is 12.5. The van der Waals surface area contributed by atoms with E-state index in [1.54, 1.807) is 4.90 Å². The number of likely N-dealkylation sites (N-methyl/N-ethyl adjacent to an activating group) is 1. The fraction of sp³-hybridized carbons (Fsp3) is 0.300. The van der Waals surface area contributed by atoms with Gasteiger partial charge in [0, 0.05) is 11.4 Å². The number of hydrogen-bond donors (Lipinski definition) is 1. The molecule has 0 bridgehead atoms. The minimum atomic E-state index is -0.150. The lowest BCUT2D eigenvalue weighted by Gasteiger charge is -2.29. The molecule has 0 saturated carbocycles. The average Bonchev–Trinajstić information content (AvgIpc) is 2.65. The highest BCUT2D eigenvalue weighted by Gasteiger charge is 2.26. The highest BCUT2D eigenvalue weighted by molar-refractivity contribution is 8.00. The molecule has 1 heterocycles. The summed E-state index contributed by atoms with van der Waals surface area (Å²) in [7, 11) is 3.98. The van der Waals surface area contributed by atoms with E-state index in [1.807, 2.05) is 56.6 Å². The van der Waals surface area contributed by atoms with Crippen LogP contribution in [0.4, 0.5) is 5.69 Å². The summed E-state index contributed by atoms with van der Waals surface area (Å²) >= 11 is 1.52. The number of nitrogens with one attached hydrogen (secondary N) is 1. The van der Waals surface area contributed by atoms with Crippen LogP contribution in [0.1, 0.15) is 11.6 Å². The van der Waals surface area contributed by atoms with Crippen molar-refractivity contribution in [3.8, 4) is 0 Å². The van der Waals surface area contributed by atoms with E-state index < -0.39 is 0 Å². The fourth-order valence-electron chi connectivity index (χ4n) is 3.01. The Morgan fingerprint density at radius 3 is 2.58 bits per heavy atom. The number of fused-ring (bicyclic) bond motifs is 1. The van der Waals surface area contributed by atoms with Crippen molar-refractivity contribution in [1.29, 1.82) is 0 Å². The number of hydrogen-bond acceptors (Lipinski definition) is 4. The van der Waals surface area contributed by atoms with Gasteiger partial charge in [-0.25, -0.2) is 0 Å². The molecule has 0 aliphatic carbocycles. The van der Waals surface area contributed by atoms with E-state index in [4.69, 9.17) is 0 Å². The molecule has 2 aromatic rings. The van der Waals surface area contributed by atoms with Gasteiger partial charge >= 0.3 is 0 Å². The molecule has 136 valence electrons. The van der Waals surface area contributed by atoms with E-state index in [1.165, 1.54) is 11.8 Å². The molecular weight excluding hydrogens is 346 g/mol. The molecule has 1 N–H and O–H groups in total. The maximum atomic E-state index is 12.5. The predicted molar refractivity (Wildman–Crippen MR) is 105 cm³/mol. The Morgan fingerprint density at radius 1 is 1.15 bits per heavy atom. The van der Waals surface area contributed by atoms with Crippen LogP contribution in [0.5, 0.6) is 0 Å². The van der Waals surface area contributed by atoms with Crippen LogP contribution in [-0.4, -0.2) is 49.7 Å². The molecule has 2 amide bonds. The Labute approximate surface area is 158 Å². The molecule has 1 aliphatic rings. The Morgan fingerprint density at radius 2 is 1.85 bits per heavy atom. The second-order valence-corrected chi connectivity index (χ2v) is 7.45. The zero-order valence-corrected chi connectivity index (χ0v) is 15.8. The van der Waals surface area contributed by atoms with Crippen molar-refractivity contribution in [3.05, 3.63) is 60.2 Å². The van der Waals surface area contributed by atoms with E-state index >= 15 is 0 Å². The number of anilines is 1. The standard InChI is InChI=1S/C20H23N3O2S/c1-22(2)17(15-8-4-3-5-9-15)12-21-19(24)13-23-16-10-6-7-11-18(16)26-14-20(23)25/h3-11,17H,12-14H2,1-2H3,(H,21,24). The van der Waals surface area contributed by atoms with Crippen LogP contribution in [-0.2, 0) is 9.59 Å². The van der Waals surface area contributed by atoms with Crippen LogP contribution in [0.15, 0.2) is 59.5 Å². The van der Waals surface area contributed by atoms with Gasteiger partial charge < -0.3 is 15.1 Å². The summed E-state index contributed by atoms with van der Waals surface area (Å²) in [6.07, 6.45) is 0. The second-order valence-electron chi connectivity index (χ2n) is 6.43. The largest absolute Gasteiger partial charge is 0.353 e. The number of thioether (sulfide) groups is 1. The first-order chi connectivity index (χ1) is 12.6. The minimum Gasteiger partial charge on any atom is -0.353 e. The van der Waals surface area contributed by atoms with Crippen LogP contribution in [0.2, 0.25) is 0 Å². The van der Waals surface area contributed by atoms with Crippen molar-refractivity contribution in [2.75, 3.05) is 37.8 Å². The number of benzene rings is 2. The molecule has 3 rings (SSSR count). The van der Waals surface area contributed by atoms with Crippen molar-refractivity contribution >= 4 is 29.3 Å². The topological polar surface area (TPSA) is 52.7 Å². The summed E-state index contributed by atoms with van der Waals surface area (Å²) in [5, 5.41) is 2.98. The van der Waals surface area contributed by atoms with E-state index in [0.29, 0.717) is 12.3 Å². The van der Waals surface area contributed by atoms with Gasteiger partial charge in [0.1, 0.15) is 6.54 Å². The Kier molecular flexibility index (Phi) is 5.96. The van der Waals surface area contributed by atoms with Gasteiger partial charge in [0.2, 0.25) is 11.8 Å². The first-order valence-electron chi connectivity index (χ1n) is 8.56. The van der Waals surface area contributed by atoms with Gasteiger partial charge in [-0.05, 0) is 31.8 Å². The summed E-state index contributed by atoms with van der Waals surface area (Å²) in [6.45, 7) is 0.541. The summed E-state index contributed by atoms with van der Waals surface area (Å²) in [4.78, 5) is 29.5. The van der Waals surface area contributed by atoms with Crippen LogP contribution in [0, 0.1) is 0 Å². The van der Waals surface area contributed by atoms with Crippen molar-refractivity contribution in [1.82, 2.24) is 10.2 Å². The molecule has 0 radical (unpaired) electrons. The number of rotatable bonds is 6. The fourth-order valence-corrected chi connectivity index (χ4v) is 3.95. The van der Waals surface area contributed by atoms with Crippen molar-refractivity contribution in [2.45, 2.75) is 10.9 Å². The molecular formula is C20H23N3O2S. The van der Waals surface area contributed by atoms with E-state index in [0.717, 1.165) is 16.1 Å². The van der Waals surface area contributed by atoms with Gasteiger partial charge in [-0.3, -0.25) is 9.59 Å². The second kappa shape index (κ2) is 8.38. The number of carbonyl (C=O) groups is 2. The third kappa shape index (κ3) is 4.26. The van der Waals surface area contributed by atoms with Crippen molar-refractivity contribution in [3.63, 3.8) is 0 Å². The number of carbonyl (C=O) groups excluding carboxylic acids is 2. The summed E-state index contributed by atoms with van der Waals surface area (Å²) in [5.41, 5.74) is 1.96. The van der Waals surface area contributed by atoms with Crippen molar-refractivity contribution < 1.29 is 9.59 Å². The average molecular weight is 369 g/mol. The van der Waals surface area contributed by atoms with Gasteiger partial charge in [0.15, 0.2) is 0 Å². The third-order valence-corrected chi connectivity index (χ3v) is 5.46. The summed E-state index contributed by atoms with van der Waals surface area (Å²) in [6, 6.07) is 17.9. The number of para-hydroxylation sites is 1. The number of nitrogens with zero attached hydrogens (tertiary/aromatic N) is 2. The zero-order chi connectivity index (χ0) is 18.5. The molecule has 26 heavy (non-hydrogen) atoms. The lowest BCUT2D eigenvalue weighted by Crippen LogP contribution is -2.45. The Hall–Kier alpha value is -2.31. The normalized spacial score (nSPS) is 14.9. The van der Waals surface area contributed by atoms with E-state index in [-0.39, 0.29) is 24.4 Å². The molecule has 0 aromatic heterocycles. The lowest BCUT2D eigenvalue weighted by molar-refractivity contribution is -0.123. The quantitative estimate of drug-likeness (QED) is 0.850. The number of amides is 2. The van der Waals surface area contributed by atoms with Crippen molar-refractivity contribution in [2.24, 2.45) is 0 Å². The molecule has 1 aliphatic heterocycles. The highest BCUT2D eigenvalue weighted by atomic mass is 32.2. The summed E-state index contributed by atoms with van der Waals surface area (Å²) < 4.78 is 0. The molecule has 2 aromatic carbocycles. The Balaban J connectivity index is 1.65. The first kappa shape index (κ1) is 18.5. The first-order valence-corrected chi connectivity index (χ1v) is 9.55. The summed E-state index contributed by atoms with van der Waals surface area (Å²) in [5.74, 6) is 0.188. The maximum Gasteiger partial charge on any atom is 0.240 e. The predicted octanol–water partition coefficient (Wildman–Crippen LogP) is 2.54. The molecule has 0 saturated heterocycles.